The minimum atomic E-state index is -2.13. The molecule has 0 spiro atoms. The molecule has 245 valence electrons. The van der Waals surface area contributed by atoms with Gasteiger partial charge in [-0.05, 0) is 63.8 Å². The van der Waals surface area contributed by atoms with Gasteiger partial charge in [0.05, 0.1) is 5.58 Å². The van der Waals surface area contributed by atoms with Gasteiger partial charge in [0.25, 0.3) is 0 Å². The van der Waals surface area contributed by atoms with Crippen molar-refractivity contribution in [3.8, 4) is 33.6 Å². The SMILES string of the molecule is [2H]C([2H])(c1ccc(-c2ccnc(-c3[c-]cc4oc5c6ccccc6ccc5c4c3)c2)cc1)C(C)(C)C.[2H]C([2H])c1ccc(-c2[c-]cc(C([2H])([2H])[2H])cc2)nc1.[Ir]. The van der Waals surface area contributed by atoms with E-state index in [9.17, 15) is 0 Å². The molecule has 0 atom stereocenters. The van der Waals surface area contributed by atoms with Crippen LogP contribution in [0.2, 0.25) is 0 Å². The van der Waals surface area contributed by atoms with Crippen molar-refractivity contribution < 1.29 is 34.1 Å². The summed E-state index contributed by atoms with van der Waals surface area (Å²) in [6.07, 6.45) is 1.87. The first kappa shape index (κ1) is 26.0. The maximum Gasteiger partial charge on any atom is 0.128 e. The number of fused-ring (bicyclic) bond motifs is 5. The first-order valence-electron chi connectivity index (χ1n) is 19.4. The molecule has 4 heteroatoms. The van der Waals surface area contributed by atoms with Gasteiger partial charge in [-0.2, -0.15) is 0 Å². The number of furan rings is 1. The maximum atomic E-state index is 8.54. The van der Waals surface area contributed by atoms with Crippen LogP contribution in [0.15, 0.2) is 132 Å². The fourth-order valence-electron chi connectivity index (χ4n) is 5.68. The van der Waals surface area contributed by atoms with Crippen molar-refractivity contribution in [2.75, 3.05) is 0 Å². The summed E-state index contributed by atoms with van der Waals surface area (Å²) >= 11 is 0. The summed E-state index contributed by atoms with van der Waals surface area (Å²) in [5.74, 6) is 0. The van der Waals surface area contributed by atoms with E-state index in [1.54, 1.807) is 18.2 Å². The fraction of sp³-hybridized carbons (Fsp3) is 0.156. The van der Waals surface area contributed by atoms with Crippen molar-refractivity contribution >= 4 is 32.7 Å². The number of pyridine rings is 2. The second-order valence-electron chi connectivity index (χ2n) is 12.7. The Morgan fingerprint density at radius 1 is 0.714 bits per heavy atom. The van der Waals surface area contributed by atoms with Crippen LogP contribution in [0.4, 0.5) is 0 Å². The molecule has 3 aromatic heterocycles. The zero-order chi connectivity index (χ0) is 39.1. The molecule has 8 aromatic rings. The summed E-state index contributed by atoms with van der Waals surface area (Å²) in [6.45, 7) is 2.60. The molecule has 3 heterocycles. The molecule has 0 aliphatic heterocycles. The van der Waals surface area contributed by atoms with Crippen LogP contribution in [0.5, 0.6) is 0 Å². The zero-order valence-electron chi connectivity index (χ0n) is 34.3. The Kier molecular flexibility index (Phi) is 7.60. The summed E-state index contributed by atoms with van der Waals surface area (Å²) in [5, 5.41) is 4.39. The molecule has 3 nitrogen and oxygen atoms in total. The van der Waals surface area contributed by atoms with E-state index >= 15 is 0 Å². The van der Waals surface area contributed by atoms with E-state index in [4.69, 9.17) is 14.0 Å². The Hall–Kier alpha value is -4.89. The van der Waals surface area contributed by atoms with Crippen LogP contribution < -0.4 is 0 Å². The number of rotatable bonds is 4. The van der Waals surface area contributed by atoms with Gasteiger partial charge in [-0.1, -0.05) is 112 Å². The van der Waals surface area contributed by atoms with Crippen LogP contribution in [-0.4, -0.2) is 9.97 Å². The Morgan fingerprint density at radius 3 is 2.27 bits per heavy atom. The molecule has 0 aliphatic rings. The molecule has 0 N–H and O–H groups in total. The Bertz CT molecular complexity index is 2610. The number of hydrogen-bond donors (Lipinski definition) is 0. The van der Waals surface area contributed by atoms with Gasteiger partial charge in [0, 0.05) is 52.9 Å². The number of hydrogen-bond acceptors (Lipinski definition) is 3. The molecule has 0 aliphatic carbocycles. The van der Waals surface area contributed by atoms with Crippen molar-refractivity contribution in [3.63, 3.8) is 0 Å². The number of benzene rings is 5. The molecule has 0 saturated heterocycles. The van der Waals surface area contributed by atoms with Crippen LogP contribution >= 0.6 is 0 Å². The molecule has 49 heavy (non-hydrogen) atoms. The van der Waals surface area contributed by atoms with Gasteiger partial charge in [-0.3, -0.25) is 0 Å². The molecule has 8 rings (SSSR count). The molecular formula is C45H38IrN2O-2. The van der Waals surface area contributed by atoms with Crippen LogP contribution in [0, 0.1) is 31.3 Å². The molecule has 0 amide bonds. The maximum absolute atomic E-state index is 8.54. The third kappa shape index (κ3) is 7.73. The Labute approximate surface area is 312 Å². The number of aromatic nitrogens is 2. The molecule has 1 radical (unpaired) electrons. The van der Waals surface area contributed by atoms with E-state index in [2.05, 4.69) is 58.5 Å². The molecule has 0 bridgehead atoms. The Balaban J connectivity index is 0.000000226. The van der Waals surface area contributed by atoms with Crippen LogP contribution in [0.1, 0.15) is 47.1 Å². The van der Waals surface area contributed by atoms with Crippen molar-refractivity contribution in [2.24, 2.45) is 5.41 Å². The first-order chi connectivity index (χ1) is 26.1. The van der Waals surface area contributed by atoms with Gasteiger partial charge in [0.1, 0.15) is 5.58 Å². The minimum Gasteiger partial charge on any atom is -0.500 e. The topological polar surface area (TPSA) is 38.9 Å². The third-order valence-corrected chi connectivity index (χ3v) is 7.94. The van der Waals surface area contributed by atoms with Crippen molar-refractivity contribution in [3.05, 3.63) is 156 Å². The zero-order valence-corrected chi connectivity index (χ0v) is 29.7. The summed E-state index contributed by atoms with van der Waals surface area (Å²) in [5.41, 5.74) is 7.77. The molecule has 5 aromatic carbocycles. The second-order valence-corrected chi connectivity index (χ2v) is 12.7. The predicted octanol–water partition coefficient (Wildman–Crippen LogP) is 12.0. The van der Waals surface area contributed by atoms with E-state index in [0.717, 1.165) is 55.1 Å². The van der Waals surface area contributed by atoms with Gasteiger partial charge in [0.2, 0.25) is 0 Å². The van der Waals surface area contributed by atoms with Gasteiger partial charge >= 0.3 is 0 Å². The van der Waals surface area contributed by atoms with Crippen LogP contribution in [0.25, 0.3) is 66.4 Å². The van der Waals surface area contributed by atoms with Gasteiger partial charge in [0.15, 0.2) is 0 Å². The average molecular weight is 822 g/mol. The molecular weight excluding hydrogens is 777 g/mol. The largest absolute Gasteiger partial charge is 0.500 e. The second kappa shape index (κ2) is 14.3. The van der Waals surface area contributed by atoms with E-state index < -0.39 is 25.5 Å². The first-order valence-corrected chi connectivity index (χ1v) is 15.8. The molecule has 0 unspecified atom stereocenters. The van der Waals surface area contributed by atoms with Crippen molar-refractivity contribution in [1.29, 1.82) is 0 Å². The Morgan fingerprint density at radius 2 is 1.53 bits per heavy atom. The van der Waals surface area contributed by atoms with E-state index in [1.165, 1.54) is 18.3 Å². The van der Waals surface area contributed by atoms with Gasteiger partial charge in [-0.25, -0.2) is 0 Å². The molecule has 0 fully saturated rings. The van der Waals surface area contributed by atoms with Gasteiger partial charge in [-0.15, -0.1) is 59.2 Å². The van der Waals surface area contributed by atoms with Gasteiger partial charge < -0.3 is 14.4 Å². The summed E-state index contributed by atoms with van der Waals surface area (Å²) < 4.78 is 59.6. The van der Waals surface area contributed by atoms with Crippen LogP contribution in [-0.2, 0) is 26.5 Å². The summed E-state index contributed by atoms with van der Waals surface area (Å²) in [7, 11) is 0. The van der Waals surface area contributed by atoms with Crippen LogP contribution in [0.3, 0.4) is 0 Å². The number of aryl methyl sites for hydroxylation is 2. The summed E-state index contributed by atoms with van der Waals surface area (Å²) in [4.78, 5) is 8.77. The predicted molar refractivity (Wildman–Crippen MR) is 200 cm³/mol. The normalized spacial score (nSPS) is 14.0. The van der Waals surface area contributed by atoms with Crippen molar-refractivity contribution in [1.82, 2.24) is 9.97 Å². The number of nitrogens with zero attached hydrogens (tertiary/aromatic N) is 2. The average Bonchev–Trinajstić information content (AvgIpc) is 3.56. The summed E-state index contributed by atoms with van der Waals surface area (Å²) in [6, 6.07) is 42.5. The standard InChI is InChI=1S/C32H26NO.C13H12N.Ir/c1-32(2,3)20-21-8-10-22(11-9-21)24-16-17-33-29(19-24)25-13-15-30-28(18-25)27-14-12-23-6-4-5-7-26(23)31(27)34-30;1-10-3-6-12(7-4-10)13-8-5-11(2)9-14-13;/h4-12,14-19H,20H2,1-3H3;3-6,8-9H,1-2H3;/q2*-1;/i20D2;1D3,2D2;. The molecule has 0 saturated carbocycles. The monoisotopic (exact) mass is 822 g/mol. The smallest absolute Gasteiger partial charge is 0.128 e. The fourth-order valence-corrected chi connectivity index (χ4v) is 5.68. The quantitative estimate of drug-likeness (QED) is 0.166. The van der Waals surface area contributed by atoms with E-state index in [0.29, 0.717) is 22.4 Å². The van der Waals surface area contributed by atoms with E-state index in [-0.39, 0.29) is 25.7 Å². The third-order valence-electron chi connectivity index (χ3n) is 7.94. The van der Waals surface area contributed by atoms with Crippen molar-refractivity contribution in [2.45, 2.75) is 40.9 Å². The minimum absolute atomic E-state index is 0. The van der Waals surface area contributed by atoms with E-state index in [1.807, 2.05) is 75.5 Å².